The number of hydrogen-bond donors (Lipinski definition) is 2. The molecule has 4 aromatic heterocycles. The normalized spacial score (nSPS) is 11.3. The van der Waals surface area contributed by atoms with Gasteiger partial charge in [0.15, 0.2) is 0 Å². The van der Waals surface area contributed by atoms with Crippen molar-refractivity contribution >= 4 is 44.9 Å². The van der Waals surface area contributed by atoms with Gasteiger partial charge in [-0.1, -0.05) is 0 Å². The van der Waals surface area contributed by atoms with Crippen molar-refractivity contribution in [3.05, 3.63) is 72.3 Å². The highest BCUT2D eigenvalue weighted by Crippen LogP contribution is 2.30. The molecule has 4 heterocycles. The van der Waals surface area contributed by atoms with E-state index in [9.17, 15) is 9.90 Å². The predicted octanol–water partition coefficient (Wildman–Crippen LogP) is 4.18. The number of carbonyl (C=O) groups is 1. The largest absolute Gasteiger partial charge is 0.478 e. The zero-order valence-corrected chi connectivity index (χ0v) is 14.9. The second kappa shape index (κ2) is 6.02. The van der Waals surface area contributed by atoms with Crippen molar-refractivity contribution in [1.82, 2.24) is 19.4 Å². The van der Waals surface area contributed by atoms with Gasteiger partial charge in [0.1, 0.15) is 11.5 Å². The van der Waals surface area contributed by atoms with Gasteiger partial charge in [0.25, 0.3) is 0 Å². The maximum atomic E-state index is 11.3. The van der Waals surface area contributed by atoms with E-state index >= 15 is 0 Å². The van der Waals surface area contributed by atoms with E-state index in [2.05, 4.69) is 15.3 Å². The molecule has 5 rings (SSSR count). The standard InChI is InChI=1S/C21H15N5O2/c1-12-8-15(4-7-23-12)24-20-16-5-6-22-11-18(16)26-17-3-2-13(21(27)28)9-14(17)10-19(26)25-20/h2-11H,1H3,(H,27,28)(H,23,24,25). The van der Waals surface area contributed by atoms with Crippen molar-refractivity contribution in [2.75, 3.05) is 5.32 Å². The highest BCUT2D eigenvalue weighted by Gasteiger charge is 2.14. The second-order valence-corrected chi connectivity index (χ2v) is 6.58. The van der Waals surface area contributed by atoms with Crippen LogP contribution in [-0.2, 0) is 0 Å². The lowest BCUT2D eigenvalue weighted by Crippen LogP contribution is -2.00. The molecule has 0 saturated heterocycles. The van der Waals surface area contributed by atoms with Crippen molar-refractivity contribution in [2.45, 2.75) is 6.92 Å². The summed E-state index contributed by atoms with van der Waals surface area (Å²) < 4.78 is 1.99. The summed E-state index contributed by atoms with van der Waals surface area (Å²) in [7, 11) is 0. The maximum absolute atomic E-state index is 11.3. The molecular formula is C21H15N5O2. The van der Waals surface area contributed by atoms with E-state index in [4.69, 9.17) is 4.98 Å². The fourth-order valence-corrected chi connectivity index (χ4v) is 3.46. The third-order valence-electron chi connectivity index (χ3n) is 4.71. The number of hydrogen-bond acceptors (Lipinski definition) is 5. The van der Waals surface area contributed by atoms with Crippen molar-refractivity contribution in [1.29, 1.82) is 0 Å². The Morgan fingerprint density at radius 3 is 2.79 bits per heavy atom. The summed E-state index contributed by atoms with van der Waals surface area (Å²) in [5.74, 6) is -0.246. The van der Waals surface area contributed by atoms with E-state index in [1.165, 1.54) is 0 Å². The molecule has 0 aliphatic carbocycles. The summed E-state index contributed by atoms with van der Waals surface area (Å²) >= 11 is 0. The number of nitrogens with zero attached hydrogens (tertiary/aromatic N) is 4. The lowest BCUT2D eigenvalue weighted by atomic mass is 10.1. The van der Waals surface area contributed by atoms with Crippen LogP contribution >= 0.6 is 0 Å². The summed E-state index contributed by atoms with van der Waals surface area (Å²) in [4.78, 5) is 24.6. The summed E-state index contributed by atoms with van der Waals surface area (Å²) in [6, 6.07) is 12.7. The first-order valence-electron chi connectivity index (χ1n) is 8.72. The number of aromatic nitrogens is 4. The molecular weight excluding hydrogens is 354 g/mol. The Bertz CT molecular complexity index is 1390. The van der Waals surface area contributed by atoms with Crippen LogP contribution in [0, 0.1) is 6.92 Å². The zero-order chi connectivity index (χ0) is 19.3. The molecule has 0 spiro atoms. The number of aryl methyl sites for hydroxylation is 1. The Kier molecular flexibility index (Phi) is 3.48. The fraction of sp³-hybridized carbons (Fsp3) is 0.0476. The molecule has 2 N–H and O–H groups in total. The Morgan fingerprint density at radius 1 is 1.07 bits per heavy atom. The van der Waals surface area contributed by atoms with Crippen LogP contribution in [0.3, 0.4) is 0 Å². The van der Waals surface area contributed by atoms with Crippen molar-refractivity contribution in [2.24, 2.45) is 0 Å². The van der Waals surface area contributed by atoms with E-state index in [-0.39, 0.29) is 5.56 Å². The molecule has 136 valence electrons. The zero-order valence-electron chi connectivity index (χ0n) is 14.9. The number of pyridine rings is 2. The maximum Gasteiger partial charge on any atom is 0.335 e. The Hall–Kier alpha value is -4.00. The molecule has 0 bridgehead atoms. The van der Waals surface area contributed by atoms with Gasteiger partial charge in [-0.25, -0.2) is 9.78 Å². The number of carboxylic acid groups (broad SMARTS) is 1. The Balaban J connectivity index is 1.79. The number of nitrogens with one attached hydrogen (secondary N) is 1. The predicted molar refractivity (Wildman–Crippen MR) is 107 cm³/mol. The van der Waals surface area contributed by atoms with Gasteiger partial charge < -0.3 is 10.4 Å². The number of anilines is 2. The van der Waals surface area contributed by atoms with Gasteiger partial charge >= 0.3 is 5.97 Å². The third-order valence-corrected chi connectivity index (χ3v) is 4.71. The van der Waals surface area contributed by atoms with E-state index in [1.807, 2.05) is 35.6 Å². The topological polar surface area (TPSA) is 92.4 Å². The summed E-state index contributed by atoms with van der Waals surface area (Å²) in [6.07, 6.45) is 5.27. The Labute approximate surface area is 159 Å². The molecule has 28 heavy (non-hydrogen) atoms. The van der Waals surface area contributed by atoms with E-state index < -0.39 is 5.97 Å². The molecule has 0 aliphatic rings. The lowest BCUT2D eigenvalue weighted by Gasteiger charge is -2.11. The summed E-state index contributed by atoms with van der Waals surface area (Å²) in [5.41, 5.74) is 4.54. The molecule has 7 heteroatoms. The van der Waals surface area contributed by atoms with Crippen LogP contribution < -0.4 is 5.32 Å². The molecule has 0 fully saturated rings. The molecule has 0 radical (unpaired) electrons. The van der Waals surface area contributed by atoms with Crippen molar-refractivity contribution < 1.29 is 9.90 Å². The number of carboxylic acids is 1. The minimum absolute atomic E-state index is 0.247. The van der Waals surface area contributed by atoms with Crippen LogP contribution in [0.5, 0.6) is 0 Å². The highest BCUT2D eigenvalue weighted by molar-refractivity contribution is 6.00. The molecule has 0 amide bonds. The van der Waals surface area contributed by atoms with Crippen molar-refractivity contribution in [3.8, 4) is 0 Å². The molecule has 0 saturated carbocycles. The van der Waals surface area contributed by atoms with Gasteiger partial charge in [0, 0.05) is 34.5 Å². The van der Waals surface area contributed by atoms with Crippen molar-refractivity contribution in [3.63, 3.8) is 0 Å². The molecule has 0 atom stereocenters. The SMILES string of the molecule is Cc1cc(Nc2nc3cc4cc(C(=O)O)ccc4n3c3cnccc23)ccn1. The van der Waals surface area contributed by atoms with Crippen LogP contribution in [0.25, 0.3) is 27.5 Å². The Morgan fingerprint density at radius 2 is 1.96 bits per heavy atom. The molecule has 0 unspecified atom stereocenters. The van der Waals surface area contributed by atoms with Gasteiger partial charge in [0.2, 0.25) is 0 Å². The average molecular weight is 369 g/mol. The summed E-state index contributed by atoms with van der Waals surface area (Å²) in [5, 5.41) is 14.4. The second-order valence-electron chi connectivity index (χ2n) is 6.58. The quantitative estimate of drug-likeness (QED) is 0.496. The van der Waals surface area contributed by atoms with Gasteiger partial charge in [-0.15, -0.1) is 0 Å². The van der Waals surface area contributed by atoms with Crippen LogP contribution in [0.1, 0.15) is 16.1 Å². The van der Waals surface area contributed by atoms with Crippen LogP contribution in [0.4, 0.5) is 11.5 Å². The number of fused-ring (bicyclic) bond motifs is 5. The minimum atomic E-state index is -0.952. The molecule has 7 nitrogen and oxygen atoms in total. The smallest absolute Gasteiger partial charge is 0.335 e. The first-order valence-corrected chi connectivity index (χ1v) is 8.72. The van der Waals surface area contributed by atoms with Gasteiger partial charge in [0.05, 0.1) is 22.8 Å². The van der Waals surface area contributed by atoms with E-state index in [0.29, 0.717) is 11.5 Å². The van der Waals surface area contributed by atoms with Gasteiger partial charge in [-0.3, -0.25) is 14.4 Å². The average Bonchev–Trinajstić information content (AvgIpc) is 3.05. The number of benzene rings is 1. The van der Waals surface area contributed by atoms with E-state index in [0.717, 1.165) is 33.2 Å². The van der Waals surface area contributed by atoms with Gasteiger partial charge in [-0.05, 0) is 49.4 Å². The lowest BCUT2D eigenvalue weighted by molar-refractivity contribution is 0.0697. The first-order chi connectivity index (χ1) is 13.6. The number of rotatable bonds is 3. The first kappa shape index (κ1) is 16.2. The summed E-state index contributed by atoms with van der Waals surface area (Å²) in [6.45, 7) is 1.93. The van der Waals surface area contributed by atoms with Gasteiger partial charge in [-0.2, -0.15) is 0 Å². The molecule has 1 aromatic carbocycles. The van der Waals surface area contributed by atoms with Crippen LogP contribution in [0.2, 0.25) is 0 Å². The monoisotopic (exact) mass is 369 g/mol. The third kappa shape index (κ3) is 2.52. The van der Waals surface area contributed by atoms with E-state index in [1.54, 1.807) is 36.8 Å². The highest BCUT2D eigenvalue weighted by atomic mass is 16.4. The minimum Gasteiger partial charge on any atom is -0.478 e. The molecule has 5 aromatic rings. The fourth-order valence-electron chi connectivity index (χ4n) is 3.46. The molecule has 0 aliphatic heterocycles. The van der Waals surface area contributed by atoms with Crippen LogP contribution in [-0.4, -0.2) is 30.4 Å². The van der Waals surface area contributed by atoms with Crippen LogP contribution in [0.15, 0.2) is 61.1 Å². The number of aromatic carboxylic acids is 1.